The lowest BCUT2D eigenvalue weighted by Crippen LogP contribution is -2.27. The summed E-state index contributed by atoms with van der Waals surface area (Å²) in [4.78, 5) is 31.2. The molecule has 1 amide bonds. The molecule has 102 valence electrons. The van der Waals surface area contributed by atoms with Crippen LogP contribution in [0.4, 0.5) is 0 Å². The van der Waals surface area contributed by atoms with Crippen molar-refractivity contribution >= 4 is 11.9 Å². The normalized spacial score (nSPS) is 23.7. The highest BCUT2D eigenvalue weighted by atomic mass is 16.4. The van der Waals surface area contributed by atoms with Gasteiger partial charge in [0.25, 0.3) is 0 Å². The van der Waals surface area contributed by atoms with E-state index in [1.165, 1.54) is 0 Å². The summed E-state index contributed by atoms with van der Waals surface area (Å²) in [6.07, 6.45) is 3.23. The number of hydrogen-bond acceptors (Lipinski definition) is 4. The van der Waals surface area contributed by atoms with Crippen LogP contribution in [-0.4, -0.2) is 27.0 Å². The molecule has 0 bridgehead atoms. The minimum Gasteiger partial charge on any atom is -0.481 e. The van der Waals surface area contributed by atoms with Gasteiger partial charge in [0.2, 0.25) is 5.91 Å². The summed E-state index contributed by atoms with van der Waals surface area (Å²) in [6, 6.07) is 0. The molecule has 6 nitrogen and oxygen atoms in total. The number of carboxylic acids is 1. The third kappa shape index (κ3) is 2.57. The Labute approximate surface area is 111 Å². The number of carboxylic acid groups (broad SMARTS) is 1. The number of carbonyl (C=O) groups is 2. The fourth-order valence-corrected chi connectivity index (χ4v) is 2.39. The Morgan fingerprint density at radius 2 is 2.00 bits per heavy atom. The highest BCUT2D eigenvalue weighted by Crippen LogP contribution is 2.58. The quantitative estimate of drug-likeness (QED) is 0.836. The highest BCUT2D eigenvalue weighted by molar-refractivity contribution is 5.91. The summed E-state index contributed by atoms with van der Waals surface area (Å²) in [6.45, 7) is 5.69. The van der Waals surface area contributed by atoms with Crippen molar-refractivity contribution in [2.45, 2.75) is 27.3 Å². The summed E-state index contributed by atoms with van der Waals surface area (Å²) in [7, 11) is 0. The van der Waals surface area contributed by atoms with E-state index in [4.69, 9.17) is 5.11 Å². The van der Waals surface area contributed by atoms with Gasteiger partial charge in [-0.3, -0.25) is 19.6 Å². The lowest BCUT2D eigenvalue weighted by molar-refractivity contribution is -0.140. The van der Waals surface area contributed by atoms with Gasteiger partial charge in [-0.15, -0.1) is 0 Å². The Balaban J connectivity index is 1.93. The summed E-state index contributed by atoms with van der Waals surface area (Å²) >= 11 is 0. The number of rotatable bonds is 4. The van der Waals surface area contributed by atoms with Crippen LogP contribution in [0.3, 0.4) is 0 Å². The summed E-state index contributed by atoms with van der Waals surface area (Å²) < 4.78 is 0. The monoisotopic (exact) mass is 263 g/mol. The molecule has 0 radical (unpaired) electrons. The van der Waals surface area contributed by atoms with Gasteiger partial charge in [0.05, 0.1) is 36.0 Å². The fourth-order valence-electron chi connectivity index (χ4n) is 2.39. The lowest BCUT2D eigenvalue weighted by atomic mass is 10.1. The molecule has 2 rings (SSSR count). The maximum Gasteiger partial charge on any atom is 0.307 e. The molecule has 0 saturated heterocycles. The van der Waals surface area contributed by atoms with Gasteiger partial charge in [0.15, 0.2) is 0 Å². The van der Waals surface area contributed by atoms with Crippen LogP contribution in [0.25, 0.3) is 0 Å². The first kappa shape index (κ1) is 13.5. The van der Waals surface area contributed by atoms with Crippen molar-refractivity contribution in [3.05, 3.63) is 23.8 Å². The van der Waals surface area contributed by atoms with Gasteiger partial charge in [0, 0.05) is 6.20 Å². The molecule has 1 aliphatic carbocycles. The summed E-state index contributed by atoms with van der Waals surface area (Å²) in [5.74, 6) is -2.22. The van der Waals surface area contributed by atoms with Crippen LogP contribution in [0.15, 0.2) is 12.4 Å². The van der Waals surface area contributed by atoms with Crippen LogP contribution >= 0.6 is 0 Å². The first-order valence-corrected chi connectivity index (χ1v) is 6.12. The summed E-state index contributed by atoms with van der Waals surface area (Å²) in [5.41, 5.74) is 0.989. The number of carbonyl (C=O) groups excluding carboxylic acids is 1. The van der Waals surface area contributed by atoms with Gasteiger partial charge >= 0.3 is 5.97 Å². The number of nitrogens with one attached hydrogen (secondary N) is 1. The van der Waals surface area contributed by atoms with E-state index >= 15 is 0 Å². The molecule has 0 spiro atoms. The Morgan fingerprint density at radius 3 is 2.47 bits per heavy atom. The van der Waals surface area contributed by atoms with Gasteiger partial charge < -0.3 is 10.4 Å². The second-order valence-electron chi connectivity index (χ2n) is 5.48. The van der Waals surface area contributed by atoms with Crippen molar-refractivity contribution in [2.75, 3.05) is 0 Å². The predicted octanol–water partition coefficient (Wildman–Crippen LogP) is 0.758. The largest absolute Gasteiger partial charge is 0.481 e. The van der Waals surface area contributed by atoms with E-state index in [9.17, 15) is 9.59 Å². The number of amides is 1. The van der Waals surface area contributed by atoms with E-state index in [-0.39, 0.29) is 12.5 Å². The summed E-state index contributed by atoms with van der Waals surface area (Å²) in [5, 5.41) is 11.7. The van der Waals surface area contributed by atoms with Crippen molar-refractivity contribution in [1.82, 2.24) is 15.3 Å². The molecule has 1 fully saturated rings. The first-order chi connectivity index (χ1) is 8.84. The second-order valence-corrected chi connectivity index (χ2v) is 5.48. The number of aliphatic carboxylic acids is 1. The third-order valence-corrected chi connectivity index (χ3v) is 3.65. The Morgan fingerprint density at radius 1 is 1.32 bits per heavy atom. The SMILES string of the molecule is Cc1cnc(CNC(=O)C2C(C(=O)O)C2(C)C)cn1. The molecule has 1 aromatic heterocycles. The van der Waals surface area contributed by atoms with Crippen molar-refractivity contribution in [3.8, 4) is 0 Å². The maximum atomic E-state index is 12.0. The van der Waals surface area contributed by atoms with Crippen LogP contribution < -0.4 is 5.32 Å². The van der Waals surface area contributed by atoms with Gasteiger partial charge in [-0.05, 0) is 12.3 Å². The van der Waals surface area contributed by atoms with Crippen molar-refractivity contribution in [1.29, 1.82) is 0 Å². The highest BCUT2D eigenvalue weighted by Gasteiger charge is 2.65. The van der Waals surface area contributed by atoms with Crippen molar-refractivity contribution in [3.63, 3.8) is 0 Å². The Hall–Kier alpha value is -1.98. The number of aryl methyl sites for hydroxylation is 1. The van der Waals surface area contributed by atoms with E-state index in [1.807, 2.05) is 6.92 Å². The minimum absolute atomic E-state index is 0.236. The van der Waals surface area contributed by atoms with E-state index < -0.39 is 23.2 Å². The van der Waals surface area contributed by atoms with Crippen molar-refractivity contribution in [2.24, 2.45) is 17.3 Å². The van der Waals surface area contributed by atoms with Gasteiger partial charge in [-0.1, -0.05) is 13.8 Å². The molecular weight excluding hydrogens is 246 g/mol. The average molecular weight is 263 g/mol. The van der Waals surface area contributed by atoms with Gasteiger partial charge in [0.1, 0.15) is 0 Å². The van der Waals surface area contributed by atoms with Gasteiger partial charge in [-0.25, -0.2) is 0 Å². The van der Waals surface area contributed by atoms with E-state index in [2.05, 4.69) is 15.3 Å². The number of hydrogen-bond donors (Lipinski definition) is 2. The van der Waals surface area contributed by atoms with Crippen LogP contribution in [0.2, 0.25) is 0 Å². The Kier molecular flexibility index (Phi) is 3.26. The standard InChI is InChI=1S/C13H17N3O3/c1-7-4-15-8(5-14-7)6-16-11(17)9-10(12(18)19)13(9,2)3/h4-5,9-10H,6H2,1-3H3,(H,16,17)(H,18,19). The lowest BCUT2D eigenvalue weighted by Gasteiger charge is -2.05. The van der Waals surface area contributed by atoms with E-state index in [0.717, 1.165) is 5.69 Å². The topological polar surface area (TPSA) is 92.2 Å². The number of nitrogens with zero attached hydrogens (tertiary/aromatic N) is 2. The maximum absolute atomic E-state index is 12.0. The molecule has 19 heavy (non-hydrogen) atoms. The smallest absolute Gasteiger partial charge is 0.307 e. The first-order valence-electron chi connectivity index (χ1n) is 6.12. The molecule has 1 aliphatic rings. The zero-order valence-corrected chi connectivity index (χ0v) is 11.2. The van der Waals surface area contributed by atoms with Crippen LogP contribution in [0.5, 0.6) is 0 Å². The van der Waals surface area contributed by atoms with E-state index in [0.29, 0.717) is 5.69 Å². The Bertz CT molecular complexity index is 510. The van der Waals surface area contributed by atoms with Gasteiger partial charge in [-0.2, -0.15) is 0 Å². The fraction of sp³-hybridized carbons (Fsp3) is 0.538. The third-order valence-electron chi connectivity index (χ3n) is 3.65. The molecule has 6 heteroatoms. The van der Waals surface area contributed by atoms with Crippen molar-refractivity contribution < 1.29 is 14.7 Å². The molecule has 1 heterocycles. The van der Waals surface area contributed by atoms with Crippen LogP contribution in [0.1, 0.15) is 25.2 Å². The second kappa shape index (κ2) is 4.60. The molecule has 2 unspecified atom stereocenters. The minimum atomic E-state index is -0.916. The predicted molar refractivity (Wildman–Crippen MR) is 67.0 cm³/mol. The number of aromatic nitrogens is 2. The molecule has 2 N–H and O–H groups in total. The van der Waals surface area contributed by atoms with E-state index in [1.54, 1.807) is 26.2 Å². The molecule has 1 aromatic rings. The molecule has 0 aliphatic heterocycles. The molecule has 0 aromatic carbocycles. The zero-order chi connectivity index (χ0) is 14.2. The van der Waals surface area contributed by atoms with Crippen LogP contribution in [-0.2, 0) is 16.1 Å². The zero-order valence-electron chi connectivity index (χ0n) is 11.2. The molecule has 2 atom stereocenters. The molecular formula is C13H17N3O3. The molecule has 1 saturated carbocycles. The van der Waals surface area contributed by atoms with Crippen LogP contribution in [0, 0.1) is 24.2 Å². The average Bonchev–Trinajstić information content (AvgIpc) is 2.91.